The number of hydrogen-bond acceptors (Lipinski definition) is 3. The molecule has 1 heterocycles. The van der Waals surface area contributed by atoms with Gasteiger partial charge in [0.1, 0.15) is 0 Å². The average Bonchev–Trinajstić information content (AvgIpc) is 3.02. The fourth-order valence-electron chi connectivity index (χ4n) is 2.04. The van der Waals surface area contributed by atoms with E-state index in [1.54, 1.807) is 10.9 Å². The van der Waals surface area contributed by atoms with Gasteiger partial charge in [-0.25, -0.2) is 4.68 Å². The van der Waals surface area contributed by atoms with Crippen LogP contribution in [-0.4, -0.2) is 28.9 Å². The topological polar surface area (TPSA) is 56.1 Å². The molecule has 0 bridgehead atoms. The van der Waals surface area contributed by atoms with Crippen LogP contribution in [0.15, 0.2) is 42.7 Å². The zero-order chi connectivity index (χ0) is 15.1. The highest BCUT2D eigenvalue weighted by Crippen LogP contribution is 2.15. The Balaban J connectivity index is 1.90. The molecular weight excluding hydrogens is 266 g/mol. The van der Waals surface area contributed by atoms with Crippen molar-refractivity contribution in [3.8, 4) is 5.69 Å². The minimum absolute atomic E-state index is 0.00658. The van der Waals surface area contributed by atoms with Gasteiger partial charge in [0, 0.05) is 25.4 Å². The summed E-state index contributed by atoms with van der Waals surface area (Å²) in [6.07, 6.45) is 4.03. The Labute approximate surface area is 124 Å². The van der Waals surface area contributed by atoms with Crippen LogP contribution in [0, 0.1) is 0 Å². The predicted molar refractivity (Wildman–Crippen MR) is 81.2 cm³/mol. The van der Waals surface area contributed by atoms with Gasteiger partial charge in [-0.1, -0.05) is 12.1 Å². The molecule has 0 saturated carbocycles. The van der Waals surface area contributed by atoms with Crippen molar-refractivity contribution in [2.24, 2.45) is 0 Å². The number of amides is 1. The third-order valence-corrected chi connectivity index (χ3v) is 3.22. The Bertz CT molecular complexity index is 549. The van der Waals surface area contributed by atoms with E-state index in [9.17, 15) is 4.79 Å². The van der Waals surface area contributed by atoms with Crippen LogP contribution in [-0.2, 0) is 9.53 Å². The molecule has 0 spiro atoms. The van der Waals surface area contributed by atoms with Crippen molar-refractivity contribution in [3.63, 3.8) is 0 Å². The van der Waals surface area contributed by atoms with E-state index >= 15 is 0 Å². The highest BCUT2D eigenvalue weighted by molar-refractivity contribution is 5.76. The van der Waals surface area contributed by atoms with Gasteiger partial charge >= 0.3 is 0 Å². The van der Waals surface area contributed by atoms with Crippen LogP contribution in [0.25, 0.3) is 5.69 Å². The van der Waals surface area contributed by atoms with Crippen molar-refractivity contribution >= 4 is 5.91 Å². The second kappa shape index (κ2) is 7.59. The maximum absolute atomic E-state index is 11.8. The molecule has 1 aromatic carbocycles. The number of rotatable bonds is 7. The van der Waals surface area contributed by atoms with E-state index in [0.29, 0.717) is 19.6 Å². The van der Waals surface area contributed by atoms with E-state index in [4.69, 9.17) is 4.74 Å². The zero-order valence-electron chi connectivity index (χ0n) is 12.5. The zero-order valence-corrected chi connectivity index (χ0v) is 12.5. The number of carbonyl (C=O) groups is 1. The molecule has 1 amide bonds. The number of aromatic nitrogens is 2. The van der Waals surface area contributed by atoms with Crippen molar-refractivity contribution in [2.45, 2.75) is 26.3 Å². The average molecular weight is 287 g/mol. The normalized spacial score (nSPS) is 12.1. The molecule has 1 N–H and O–H groups in total. The van der Waals surface area contributed by atoms with Crippen LogP contribution >= 0.6 is 0 Å². The molecule has 0 saturated heterocycles. The van der Waals surface area contributed by atoms with Crippen LogP contribution in [0.4, 0.5) is 0 Å². The van der Waals surface area contributed by atoms with Gasteiger partial charge in [-0.2, -0.15) is 5.10 Å². The van der Waals surface area contributed by atoms with E-state index < -0.39 is 0 Å². The minimum Gasteiger partial charge on any atom is -0.381 e. The number of ether oxygens (including phenoxy) is 1. The summed E-state index contributed by atoms with van der Waals surface area (Å²) in [5.41, 5.74) is 2.06. The monoisotopic (exact) mass is 287 g/mol. The molecule has 0 unspecified atom stereocenters. The van der Waals surface area contributed by atoms with Gasteiger partial charge in [0.15, 0.2) is 0 Å². The molecule has 0 aliphatic rings. The molecule has 5 heteroatoms. The first kappa shape index (κ1) is 15.3. The van der Waals surface area contributed by atoms with E-state index in [2.05, 4.69) is 10.4 Å². The summed E-state index contributed by atoms with van der Waals surface area (Å²) >= 11 is 0. The lowest BCUT2D eigenvalue weighted by atomic mass is 10.1. The predicted octanol–water partition coefficient (Wildman–Crippen LogP) is 2.48. The molecule has 1 aromatic heterocycles. The van der Waals surface area contributed by atoms with E-state index in [-0.39, 0.29) is 11.9 Å². The Kier molecular flexibility index (Phi) is 5.51. The van der Waals surface area contributed by atoms with Crippen molar-refractivity contribution in [1.82, 2.24) is 15.1 Å². The quantitative estimate of drug-likeness (QED) is 0.796. The van der Waals surface area contributed by atoms with Gasteiger partial charge < -0.3 is 10.1 Å². The third kappa shape index (κ3) is 4.43. The third-order valence-electron chi connectivity index (χ3n) is 3.22. The molecule has 2 aromatic rings. The lowest BCUT2D eigenvalue weighted by Crippen LogP contribution is -2.27. The molecular formula is C16H21N3O2. The standard InChI is InChI=1S/C16H21N3O2/c1-3-21-12-9-16(20)18-13(2)14-5-7-15(8-6-14)19-11-4-10-17-19/h4-8,10-11,13H,3,9,12H2,1-2H3,(H,18,20)/t13-/m1/s1. The summed E-state index contributed by atoms with van der Waals surface area (Å²) in [7, 11) is 0. The molecule has 0 aliphatic heterocycles. The molecule has 0 radical (unpaired) electrons. The van der Waals surface area contributed by atoms with Crippen LogP contribution in [0.5, 0.6) is 0 Å². The Morgan fingerprint density at radius 3 is 2.76 bits per heavy atom. The number of hydrogen-bond donors (Lipinski definition) is 1. The molecule has 5 nitrogen and oxygen atoms in total. The Morgan fingerprint density at radius 2 is 2.14 bits per heavy atom. The van der Waals surface area contributed by atoms with Crippen LogP contribution in [0.1, 0.15) is 31.9 Å². The van der Waals surface area contributed by atoms with Gasteiger partial charge in [0.25, 0.3) is 0 Å². The first-order valence-corrected chi connectivity index (χ1v) is 7.17. The SMILES string of the molecule is CCOCCC(=O)N[C@H](C)c1ccc(-n2cccn2)cc1. The molecule has 21 heavy (non-hydrogen) atoms. The number of nitrogens with zero attached hydrogens (tertiary/aromatic N) is 2. The fraction of sp³-hybridized carbons (Fsp3) is 0.375. The van der Waals surface area contributed by atoms with Gasteiger partial charge in [-0.15, -0.1) is 0 Å². The molecule has 1 atom stereocenters. The van der Waals surface area contributed by atoms with E-state index in [0.717, 1.165) is 11.3 Å². The lowest BCUT2D eigenvalue weighted by Gasteiger charge is -2.15. The van der Waals surface area contributed by atoms with Crippen molar-refractivity contribution in [1.29, 1.82) is 0 Å². The highest BCUT2D eigenvalue weighted by Gasteiger charge is 2.09. The largest absolute Gasteiger partial charge is 0.381 e. The first-order chi connectivity index (χ1) is 10.2. The van der Waals surface area contributed by atoms with Gasteiger partial charge in [0.2, 0.25) is 5.91 Å². The Hall–Kier alpha value is -2.14. The number of nitrogens with one attached hydrogen (secondary N) is 1. The highest BCUT2D eigenvalue weighted by atomic mass is 16.5. The van der Waals surface area contributed by atoms with Gasteiger partial charge in [-0.05, 0) is 37.6 Å². The van der Waals surface area contributed by atoms with Gasteiger partial charge in [-0.3, -0.25) is 4.79 Å². The summed E-state index contributed by atoms with van der Waals surface area (Å²) in [6.45, 7) is 4.99. The van der Waals surface area contributed by atoms with Crippen molar-refractivity contribution in [2.75, 3.05) is 13.2 Å². The second-order valence-corrected chi connectivity index (χ2v) is 4.78. The number of carbonyl (C=O) groups excluding carboxylic acids is 1. The van der Waals surface area contributed by atoms with Crippen molar-refractivity contribution < 1.29 is 9.53 Å². The smallest absolute Gasteiger partial charge is 0.222 e. The maximum Gasteiger partial charge on any atom is 0.222 e. The first-order valence-electron chi connectivity index (χ1n) is 7.17. The van der Waals surface area contributed by atoms with Crippen LogP contribution in [0.3, 0.4) is 0 Å². The van der Waals surface area contributed by atoms with Crippen LogP contribution < -0.4 is 5.32 Å². The summed E-state index contributed by atoms with van der Waals surface area (Å²) in [5, 5.41) is 7.15. The summed E-state index contributed by atoms with van der Waals surface area (Å²) in [5.74, 6) is 0.00658. The molecule has 0 aliphatic carbocycles. The molecule has 2 rings (SSSR count). The molecule has 112 valence electrons. The fourth-order valence-corrected chi connectivity index (χ4v) is 2.04. The summed E-state index contributed by atoms with van der Waals surface area (Å²) in [6, 6.07) is 9.85. The lowest BCUT2D eigenvalue weighted by molar-refractivity contribution is -0.122. The summed E-state index contributed by atoms with van der Waals surface area (Å²) < 4.78 is 6.98. The van der Waals surface area contributed by atoms with Crippen molar-refractivity contribution in [3.05, 3.63) is 48.3 Å². The second-order valence-electron chi connectivity index (χ2n) is 4.78. The molecule has 0 fully saturated rings. The Morgan fingerprint density at radius 1 is 1.38 bits per heavy atom. The maximum atomic E-state index is 11.8. The van der Waals surface area contributed by atoms with E-state index in [1.165, 1.54) is 0 Å². The summed E-state index contributed by atoms with van der Waals surface area (Å²) in [4.78, 5) is 11.8. The number of benzene rings is 1. The van der Waals surface area contributed by atoms with Gasteiger partial charge in [0.05, 0.1) is 18.3 Å². The minimum atomic E-state index is -0.0224. The van der Waals surface area contributed by atoms with E-state index in [1.807, 2.05) is 50.4 Å². The van der Waals surface area contributed by atoms with Crippen LogP contribution in [0.2, 0.25) is 0 Å².